The van der Waals surface area contributed by atoms with E-state index in [-0.39, 0.29) is 0 Å². The van der Waals surface area contributed by atoms with Crippen molar-refractivity contribution in [1.29, 1.82) is 0 Å². The molecule has 5 heteroatoms. The van der Waals surface area contributed by atoms with Crippen LogP contribution >= 0.6 is 0 Å². The summed E-state index contributed by atoms with van der Waals surface area (Å²) in [5.41, 5.74) is 3.92. The highest BCUT2D eigenvalue weighted by Crippen LogP contribution is 2.18. The van der Waals surface area contributed by atoms with Gasteiger partial charge in [0.25, 0.3) is 0 Å². The molecule has 164 valence electrons. The van der Waals surface area contributed by atoms with Crippen LogP contribution in [0.2, 0.25) is 0 Å². The van der Waals surface area contributed by atoms with E-state index in [4.69, 9.17) is 4.99 Å². The minimum absolute atomic E-state index is 0.481. The Kier molecular flexibility index (Phi) is 7.61. The van der Waals surface area contributed by atoms with Crippen LogP contribution in [0.15, 0.2) is 71.7 Å². The molecule has 4 rings (SSSR count). The number of hydrogen-bond donors (Lipinski definition) is 2. The third-order valence-corrected chi connectivity index (χ3v) is 6.06. The van der Waals surface area contributed by atoms with Gasteiger partial charge in [-0.25, -0.2) is 4.99 Å². The van der Waals surface area contributed by atoms with Crippen molar-refractivity contribution in [1.82, 2.24) is 15.5 Å². The lowest BCUT2D eigenvalue weighted by Crippen LogP contribution is -2.48. The van der Waals surface area contributed by atoms with Crippen molar-refractivity contribution in [3.8, 4) is 0 Å². The van der Waals surface area contributed by atoms with Crippen LogP contribution in [0.3, 0.4) is 0 Å². The Bertz CT molecular complexity index is 843. The molecular weight excluding hydrogens is 382 g/mol. The second kappa shape index (κ2) is 11.0. The smallest absolute Gasteiger partial charge is 0.191 e. The predicted molar refractivity (Wildman–Crippen MR) is 130 cm³/mol. The minimum atomic E-state index is 0.481. The van der Waals surface area contributed by atoms with Crippen LogP contribution in [0, 0.1) is 0 Å². The molecule has 2 aromatic rings. The first-order valence-electron chi connectivity index (χ1n) is 11.6. The van der Waals surface area contributed by atoms with E-state index >= 15 is 0 Å². The maximum Gasteiger partial charge on any atom is 0.191 e. The molecule has 0 aromatic heterocycles. The molecule has 0 bridgehead atoms. The number of hydrogen-bond acceptors (Lipinski definition) is 3. The highest BCUT2D eigenvalue weighted by Gasteiger charge is 2.20. The molecule has 1 saturated heterocycles. The molecule has 2 aliphatic heterocycles. The summed E-state index contributed by atoms with van der Waals surface area (Å²) in [6, 6.07) is 20.1. The zero-order chi connectivity index (χ0) is 21.3. The quantitative estimate of drug-likeness (QED) is 0.409. The van der Waals surface area contributed by atoms with Crippen LogP contribution in [0.5, 0.6) is 0 Å². The Morgan fingerprint density at radius 1 is 0.935 bits per heavy atom. The van der Waals surface area contributed by atoms with Gasteiger partial charge in [-0.3, -0.25) is 4.90 Å². The summed E-state index contributed by atoms with van der Waals surface area (Å²) >= 11 is 0. The monoisotopic (exact) mass is 417 g/mol. The van der Waals surface area contributed by atoms with Gasteiger partial charge in [0.2, 0.25) is 0 Å². The summed E-state index contributed by atoms with van der Waals surface area (Å²) in [4.78, 5) is 9.76. The molecule has 2 aromatic carbocycles. The summed E-state index contributed by atoms with van der Waals surface area (Å²) in [5, 5.41) is 7.08. The van der Waals surface area contributed by atoms with Gasteiger partial charge in [0.15, 0.2) is 5.96 Å². The van der Waals surface area contributed by atoms with Crippen LogP contribution in [0.25, 0.3) is 0 Å². The van der Waals surface area contributed by atoms with Crippen LogP contribution in [-0.2, 0) is 13.1 Å². The van der Waals surface area contributed by atoms with E-state index < -0.39 is 0 Å². The van der Waals surface area contributed by atoms with Gasteiger partial charge in [-0.1, -0.05) is 54.6 Å². The zero-order valence-electron chi connectivity index (χ0n) is 18.6. The van der Waals surface area contributed by atoms with Gasteiger partial charge < -0.3 is 15.5 Å². The summed E-state index contributed by atoms with van der Waals surface area (Å²) in [6.45, 7) is 9.01. The van der Waals surface area contributed by atoms with E-state index in [1.54, 1.807) is 0 Å². The Morgan fingerprint density at radius 2 is 1.65 bits per heavy atom. The van der Waals surface area contributed by atoms with Crippen LogP contribution in [-0.4, -0.2) is 49.6 Å². The average Bonchev–Trinajstić information content (AvgIpc) is 3.35. The van der Waals surface area contributed by atoms with E-state index in [0.29, 0.717) is 12.6 Å². The number of likely N-dealkylation sites (tertiary alicyclic amines) is 1. The van der Waals surface area contributed by atoms with Gasteiger partial charge in [-0.2, -0.15) is 0 Å². The lowest BCUT2D eigenvalue weighted by Gasteiger charge is -2.33. The number of nitrogens with one attached hydrogen (secondary N) is 2. The lowest BCUT2D eigenvalue weighted by atomic mass is 10.0. The second-order valence-corrected chi connectivity index (χ2v) is 8.42. The van der Waals surface area contributed by atoms with E-state index in [1.807, 2.05) is 0 Å². The maximum absolute atomic E-state index is 4.85. The SMILES string of the molecule is CCNC(=NCc1ccc(N2CC=CC2)cc1)NC1CCN(Cc2ccccc2)CC1. The Hall–Kier alpha value is -2.79. The molecule has 0 saturated carbocycles. The van der Waals surface area contributed by atoms with E-state index in [1.165, 1.54) is 16.8 Å². The molecule has 2 aliphatic rings. The van der Waals surface area contributed by atoms with Crippen LogP contribution in [0.1, 0.15) is 30.9 Å². The van der Waals surface area contributed by atoms with Crippen molar-refractivity contribution in [3.63, 3.8) is 0 Å². The number of guanidine groups is 1. The first-order valence-corrected chi connectivity index (χ1v) is 11.6. The summed E-state index contributed by atoms with van der Waals surface area (Å²) in [6.07, 6.45) is 6.74. The molecule has 0 aliphatic carbocycles. The number of piperidine rings is 1. The topological polar surface area (TPSA) is 42.9 Å². The van der Waals surface area contributed by atoms with Crippen molar-refractivity contribution < 1.29 is 0 Å². The molecule has 5 nitrogen and oxygen atoms in total. The Morgan fingerprint density at radius 3 is 2.32 bits per heavy atom. The second-order valence-electron chi connectivity index (χ2n) is 8.42. The van der Waals surface area contributed by atoms with E-state index in [0.717, 1.165) is 58.1 Å². The third kappa shape index (κ3) is 6.34. The van der Waals surface area contributed by atoms with Crippen LogP contribution < -0.4 is 15.5 Å². The summed E-state index contributed by atoms with van der Waals surface area (Å²) in [7, 11) is 0. The van der Waals surface area contributed by atoms with Gasteiger partial charge in [-0.05, 0) is 43.0 Å². The van der Waals surface area contributed by atoms with Crippen molar-refractivity contribution in [3.05, 3.63) is 77.9 Å². The largest absolute Gasteiger partial charge is 0.364 e. The first kappa shape index (κ1) is 21.4. The minimum Gasteiger partial charge on any atom is -0.364 e. The molecule has 1 fully saturated rings. The molecular formula is C26H35N5. The van der Waals surface area contributed by atoms with Gasteiger partial charge in [0.05, 0.1) is 6.54 Å². The van der Waals surface area contributed by atoms with Crippen LogP contribution in [0.4, 0.5) is 5.69 Å². The van der Waals surface area contributed by atoms with Crippen molar-refractivity contribution in [2.75, 3.05) is 37.6 Å². The highest BCUT2D eigenvalue weighted by atomic mass is 15.2. The number of anilines is 1. The van der Waals surface area contributed by atoms with Crippen molar-refractivity contribution >= 4 is 11.6 Å². The molecule has 0 atom stereocenters. The molecule has 0 spiro atoms. The fourth-order valence-electron chi connectivity index (χ4n) is 4.26. The molecule has 31 heavy (non-hydrogen) atoms. The normalized spacial score (nSPS) is 17.8. The third-order valence-electron chi connectivity index (χ3n) is 6.06. The van der Waals surface area contributed by atoms with E-state index in [2.05, 4.69) is 94.1 Å². The lowest BCUT2D eigenvalue weighted by molar-refractivity contribution is 0.198. The predicted octanol–water partition coefficient (Wildman–Crippen LogP) is 3.78. The molecule has 2 heterocycles. The number of benzene rings is 2. The fourth-order valence-corrected chi connectivity index (χ4v) is 4.26. The fraction of sp³-hybridized carbons (Fsp3) is 0.423. The standard InChI is InChI=1S/C26H35N5/c1-2-27-26(28-20-22-10-12-25(13-11-22)31-16-6-7-17-31)29-24-14-18-30(19-15-24)21-23-8-4-3-5-9-23/h3-13,24H,2,14-21H2,1H3,(H2,27,28,29). The maximum atomic E-state index is 4.85. The van der Waals surface area contributed by atoms with Gasteiger partial charge in [-0.15, -0.1) is 0 Å². The Balaban J connectivity index is 1.26. The number of aliphatic imine (C=N–C) groups is 1. The molecule has 0 radical (unpaired) electrons. The Labute approximate surface area is 186 Å². The molecule has 2 N–H and O–H groups in total. The average molecular weight is 418 g/mol. The van der Waals surface area contributed by atoms with Gasteiger partial charge in [0.1, 0.15) is 0 Å². The highest BCUT2D eigenvalue weighted by molar-refractivity contribution is 5.80. The summed E-state index contributed by atoms with van der Waals surface area (Å²) < 4.78 is 0. The van der Waals surface area contributed by atoms with E-state index in [9.17, 15) is 0 Å². The number of rotatable bonds is 7. The molecule has 0 amide bonds. The van der Waals surface area contributed by atoms with Gasteiger partial charge in [0, 0.05) is 51.0 Å². The van der Waals surface area contributed by atoms with Gasteiger partial charge >= 0.3 is 0 Å². The summed E-state index contributed by atoms with van der Waals surface area (Å²) in [5.74, 6) is 0.928. The molecule has 0 unspecified atom stereocenters. The van der Waals surface area contributed by atoms with Crippen molar-refractivity contribution in [2.24, 2.45) is 4.99 Å². The first-order chi connectivity index (χ1) is 15.3. The number of nitrogens with zero attached hydrogens (tertiary/aromatic N) is 3. The zero-order valence-corrected chi connectivity index (χ0v) is 18.6. The van der Waals surface area contributed by atoms with Crippen molar-refractivity contribution in [2.45, 2.75) is 38.9 Å².